The van der Waals surface area contributed by atoms with Crippen LogP contribution >= 0.6 is 0 Å². The van der Waals surface area contributed by atoms with Crippen molar-refractivity contribution in [3.63, 3.8) is 0 Å². The molecule has 0 radical (unpaired) electrons. The largest absolute Gasteiger partial charge is 0.309 e. The molecule has 2 aromatic heterocycles. The normalized spacial score (nSPS) is 14.3. The van der Waals surface area contributed by atoms with Crippen LogP contribution in [0.3, 0.4) is 0 Å². The molecule has 0 bridgehead atoms. The van der Waals surface area contributed by atoms with Crippen molar-refractivity contribution in [2.75, 3.05) is 0 Å². The summed E-state index contributed by atoms with van der Waals surface area (Å²) in [5, 5.41) is 2.34. The lowest BCUT2D eigenvalue weighted by Gasteiger charge is -2.42. The highest BCUT2D eigenvalue weighted by molar-refractivity contribution is 6.13. The lowest BCUT2D eigenvalue weighted by molar-refractivity contribution is 0.103. The van der Waals surface area contributed by atoms with E-state index in [9.17, 15) is 4.79 Å². The maximum absolute atomic E-state index is 14.1. The third kappa shape index (κ3) is 5.17. The van der Waals surface area contributed by atoms with Crippen molar-refractivity contribution in [1.29, 1.82) is 0 Å². The van der Waals surface area contributed by atoms with Gasteiger partial charge in [-0.15, -0.1) is 0 Å². The molecule has 0 fully saturated rings. The SMILES string of the molecule is O=C(c1ccccc1)c1ccc2c(c1)-n1c3ccccc3c3cccc(c31)C2(c1ccccc1)c1ccc(-c2nc(-c3ccccc3)nc(-c3ccccc3)n2)cc1. The van der Waals surface area contributed by atoms with E-state index >= 15 is 0 Å². The third-order valence-corrected chi connectivity index (χ3v) is 11.5. The predicted molar refractivity (Wildman–Crippen MR) is 232 cm³/mol. The van der Waals surface area contributed by atoms with Crippen LogP contribution in [0.2, 0.25) is 0 Å². The van der Waals surface area contributed by atoms with E-state index in [0.717, 1.165) is 50.1 Å². The highest BCUT2D eigenvalue weighted by atomic mass is 16.1. The Balaban J connectivity index is 1.17. The first-order chi connectivity index (χ1) is 28.7. The summed E-state index contributed by atoms with van der Waals surface area (Å²) in [4.78, 5) is 29.1. The summed E-state index contributed by atoms with van der Waals surface area (Å²) >= 11 is 0. The highest BCUT2D eigenvalue weighted by Crippen LogP contribution is 2.54. The van der Waals surface area contributed by atoms with Crippen LogP contribution in [0.4, 0.5) is 0 Å². The minimum absolute atomic E-state index is 0.00766. The molecule has 58 heavy (non-hydrogen) atoms. The molecule has 11 rings (SSSR count). The molecule has 0 spiro atoms. The second-order valence-corrected chi connectivity index (χ2v) is 14.7. The number of hydrogen-bond acceptors (Lipinski definition) is 4. The number of benzene rings is 8. The average molecular weight is 743 g/mol. The molecule has 3 heterocycles. The number of carbonyl (C=O) groups excluding carboxylic acids is 1. The molecule has 10 aromatic rings. The van der Waals surface area contributed by atoms with Crippen LogP contribution in [-0.4, -0.2) is 25.3 Å². The van der Waals surface area contributed by atoms with Crippen molar-refractivity contribution in [2.45, 2.75) is 5.41 Å². The van der Waals surface area contributed by atoms with Gasteiger partial charge >= 0.3 is 0 Å². The van der Waals surface area contributed by atoms with E-state index in [2.05, 4.69) is 114 Å². The second-order valence-electron chi connectivity index (χ2n) is 14.7. The van der Waals surface area contributed by atoms with Crippen LogP contribution in [0.25, 0.3) is 61.7 Å². The van der Waals surface area contributed by atoms with E-state index < -0.39 is 5.41 Å². The van der Waals surface area contributed by atoms with E-state index in [0.29, 0.717) is 28.6 Å². The van der Waals surface area contributed by atoms with Gasteiger partial charge in [0.2, 0.25) is 0 Å². The first-order valence-electron chi connectivity index (χ1n) is 19.5. The van der Waals surface area contributed by atoms with Gasteiger partial charge in [-0.3, -0.25) is 4.79 Å². The van der Waals surface area contributed by atoms with Gasteiger partial charge in [0.1, 0.15) is 0 Å². The van der Waals surface area contributed by atoms with Gasteiger partial charge in [0.05, 0.1) is 22.1 Å². The fraction of sp³-hybridized carbons (Fsp3) is 0.0189. The van der Waals surface area contributed by atoms with Crippen molar-refractivity contribution in [2.24, 2.45) is 0 Å². The zero-order chi connectivity index (χ0) is 38.6. The Bertz CT molecular complexity index is 3100. The summed E-state index contributed by atoms with van der Waals surface area (Å²) in [6.07, 6.45) is 0. The van der Waals surface area contributed by atoms with E-state index in [1.165, 1.54) is 16.3 Å². The quantitative estimate of drug-likeness (QED) is 0.153. The monoisotopic (exact) mass is 742 g/mol. The van der Waals surface area contributed by atoms with Crippen LogP contribution in [0.15, 0.2) is 206 Å². The minimum atomic E-state index is -0.739. The van der Waals surface area contributed by atoms with Crippen molar-refractivity contribution >= 4 is 27.6 Å². The van der Waals surface area contributed by atoms with Gasteiger partial charge in [-0.25, -0.2) is 15.0 Å². The van der Waals surface area contributed by atoms with Crippen LogP contribution < -0.4 is 0 Å². The summed E-state index contributed by atoms with van der Waals surface area (Å²) in [7, 11) is 0. The number of hydrogen-bond donors (Lipinski definition) is 0. The number of nitrogens with zero attached hydrogens (tertiary/aromatic N) is 4. The maximum atomic E-state index is 14.1. The minimum Gasteiger partial charge on any atom is -0.309 e. The number of ketones is 1. The Labute approximate surface area is 335 Å². The molecule has 5 nitrogen and oxygen atoms in total. The fourth-order valence-electron chi connectivity index (χ4n) is 8.93. The summed E-state index contributed by atoms with van der Waals surface area (Å²) in [5.74, 6) is 1.83. The average Bonchev–Trinajstić information content (AvgIpc) is 3.65. The number of rotatable bonds is 7. The standard InChI is InChI=1S/C53H34N4O/c58-49(35-16-5-1-6-17-35)39-30-33-44-47(34-39)57-46-27-14-13-24-42(46)43-25-15-26-45(48(43)57)53(44,40-22-11-4-12-23-40)41-31-28-38(29-32-41)52-55-50(36-18-7-2-8-19-36)54-51(56-52)37-20-9-3-10-21-37/h1-34H. The van der Waals surface area contributed by atoms with Gasteiger partial charge in [0.15, 0.2) is 23.3 Å². The van der Waals surface area contributed by atoms with Crippen molar-refractivity contribution in [3.8, 4) is 39.9 Å². The molecule has 0 N–H and O–H groups in total. The molecule has 5 heteroatoms. The maximum Gasteiger partial charge on any atom is 0.193 e. The zero-order valence-electron chi connectivity index (χ0n) is 31.3. The van der Waals surface area contributed by atoms with Gasteiger partial charge in [-0.1, -0.05) is 194 Å². The molecular weight excluding hydrogens is 709 g/mol. The van der Waals surface area contributed by atoms with Gasteiger partial charge < -0.3 is 4.57 Å². The Hall–Kier alpha value is -7.76. The molecule has 0 aliphatic carbocycles. The van der Waals surface area contributed by atoms with Crippen LogP contribution in [-0.2, 0) is 5.41 Å². The molecule has 0 saturated carbocycles. The fourth-order valence-corrected chi connectivity index (χ4v) is 8.93. The van der Waals surface area contributed by atoms with Gasteiger partial charge in [-0.2, -0.15) is 0 Å². The van der Waals surface area contributed by atoms with E-state index in [1.807, 2.05) is 97.1 Å². The first kappa shape index (κ1) is 33.6. The number of aromatic nitrogens is 4. The summed E-state index contributed by atoms with van der Waals surface area (Å²) in [6, 6.07) is 70.6. The number of carbonyl (C=O) groups is 1. The summed E-state index contributed by atoms with van der Waals surface area (Å²) in [6.45, 7) is 0. The summed E-state index contributed by atoms with van der Waals surface area (Å²) in [5.41, 5.74) is 11.0. The second kappa shape index (κ2) is 13.5. The van der Waals surface area contributed by atoms with Crippen LogP contribution in [0, 0.1) is 0 Å². The van der Waals surface area contributed by atoms with Gasteiger partial charge in [0.25, 0.3) is 0 Å². The smallest absolute Gasteiger partial charge is 0.193 e. The molecule has 1 aliphatic rings. The first-order valence-corrected chi connectivity index (χ1v) is 19.5. The number of para-hydroxylation sites is 2. The lowest BCUT2D eigenvalue weighted by Crippen LogP contribution is -2.35. The van der Waals surface area contributed by atoms with E-state index in [-0.39, 0.29) is 5.78 Å². The van der Waals surface area contributed by atoms with Crippen molar-refractivity contribution in [1.82, 2.24) is 19.5 Å². The zero-order valence-corrected chi connectivity index (χ0v) is 31.3. The molecule has 8 aromatic carbocycles. The van der Waals surface area contributed by atoms with Crippen LogP contribution in [0.1, 0.15) is 38.2 Å². The Kier molecular flexibility index (Phi) is 7.79. The molecule has 0 saturated heterocycles. The van der Waals surface area contributed by atoms with Crippen molar-refractivity contribution in [3.05, 3.63) is 240 Å². The van der Waals surface area contributed by atoms with Gasteiger partial charge in [0, 0.05) is 38.6 Å². The Morgan fingerprint density at radius 1 is 0.414 bits per heavy atom. The third-order valence-electron chi connectivity index (χ3n) is 11.5. The molecular formula is C53H34N4O. The molecule has 272 valence electrons. The van der Waals surface area contributed by atoms with E-state index in [4.69, 9.17) is 15.0 Å². The van der Waals surface area contributed by atoms with Crippen LogP contribution in [0.5, 0.6) is 0 Å². The topological polar surface area (TPSA) is 60.7 Å². The van der Waals surface area contributed by atoms with Gasteiger partial charge in [-0.05, 0) is 34.4 Å². The molecule has 1 atom stereocenters. The number of fused-ring (bicyclic) bond motifs is 5. The molecule has 1 unspecified atom stereocenters. The molecule has 0 amide bonds. The lowest BCUT2D eigenvalue weighted by atomic mass is 9.63. The Morgan fingerprint density at radius 3 is 1.57 bits per heavy atom. The van der Waals surface area contributed by atoms with Crippen molar-refractivity contribution < 1.29 is 4.79 Å². The molecule has 1 aliphatic heterocycles. The Morgan fingerprint density at radius 2 is 0.931 bits per heavy atom. The highest BCUT2D eigenvalue weighted by Gasteiger charge is 2.45. The van der Waals surface area contributed by atoms with E-state index in [1.54, 1.807) is 0 Å². The summed E-state index contributed by atoms with van der Waals surface area (Å²) < 4.78 is 2.37. The predicted octanol–water partition coefficient (Wildman–Crippen LogP) is 11.9.